The molecule has 0 aliphatic carbocycles. The van der Waals surface area contributed by atoms with Gasteiger partial charge in [0.1, 0.15) is 11.6 Å². The van der Waals surface area contributed by atoms with E-state index in [9.17, 15) is 0 Å². The van der Waals surface area contributed by atoms with Crippen LogP contribution in [0.25, 0.3) is 5.69 Å². The van der Waals surface area contributed by atoms with Gasteiger partial charge in [0.2, 0.25) is 0 Å². The molecule has 1 atom stereocenters. The molecule has 0 saturated carbocycles. The quantitative estimate of drug-likeness (QED) is 0.709. The van der Waals surface area contributed by atoms with Crippen LogP contribution < -0.4 is 0 Å². The van der Waals surface area contributed by atoms with Crippen LogP contribution >= 0.6 is 0 Å². The summed E-state index contributed by atoms with van der Waals surface area (Å²) in [6.07, 6.45) is 9.59. The van der Waals surface area contributed by atoms with Gasteiger partial charge in [-0.2, -0.15) is 0 Å². The molecule has 4 rings (SSSR count). The van der Waals surface area contributed by atoms with E-state index >= 15 is 0 Å². The number of aromatic nitrogens is 4. The van der Waals surface area contributed by atoms with Crippen LogP contribution in [0.1, 0.15) is 30.2 Å². The standard InChI is InChI=1S/C21H27N5/c1-17-23-14-20(26(17)19-8-4-3-5-9-19)16-25-11-6-7-18(15-25)13-21-22-10-12-24(21)2/h3-5,8-10,12,14,18H,6-7,11,13,15-16H2,1-2H3/t18-/m1/s1. The number of benzene rings is 1. The van der Waals surface area contributed by atoms with E-state index in [0.717, 1.165) is 31.9 Å². The fraction of sp³-hybridized carbons (Fsp3) is 0.429. The van der Waals surface area contributed by atoms with Crippen molar-refractivity contribution in [3.63, 3.8) is 0 Å². The Bertz CT molecular complexity index is 848. The first-order chi connectivity index (χ1) is 12.7. The summed E-state index contributed by atoms with van der Waals surface area (Å²) in [4.78, 5) is 11.7. The zero-order valence-corrected chi connectivity index (χ0v) is 15.7. The Hall–Kier alpha value is -2.40. The zero-order valence-electron chi connectivity index (χ0n) is 15.7. The number of para-hydroxylation sites is 1. The van der Waals surface area contributed by atoms with E-state index in [1.54, 1.807) is 0 Å². The average molecular weight is 349 g/mol. The normalized spacial score (nSPS) is 18.3. The lowest BCUT2D eigenvalue weighted by molar-refractivity contribution is 0.163. The molecule has 26 heavy (non-hydrogen) atoms. The van der Waals surface area contributed by atoms with E-state index < -0.39 is 0 Å². The second kappa shape index (κ2) is 7.46. The van der Waals surface area contributed by atoms with Gasteiger partial charge >= 0.3 is 0 Å². The topological polar surface area (TPSA) is 38.9 Å². The van der Waals surface area contributed by atoms with Gasteiger partial charge in [-0.1, -0.05) is 18.2 Å². The summed E-state index contributed by atoms with van der Waals surface area (Å²) in [6, 6.07) is 10.5. The molecule has 0 spiro atoms. The molecule has 5 heteroatoms. The second-order valence-electron chi connectivity index (χ2n) is 7.37. The minimum atomic E-state index is 0.680. The van der Waals surface area contributed by atoms with Crippen LogP contribution in [0, 0.1) is 12.8 Å². The lowest BCUT2D eigenvalue weighted by Gasteiger charge is -2.32. The van der Waals surface area contributed by atoms with Gasteiger partial charge in [0, 0.05) is 44.6 Å². The summed E-state index contributed by atoms with van der Waals surface area (Å²) in [7, 11) is 2.09. The maximum Gasteiger partial charge on any atom is 0.110 e. The Kier molecular flexibility index (Phi) is 4.89. The van der Waals surface area contributed by atoms with E-state index in [1.807, 2.05) is 18.6 Å². The van der Waals surface area contributed by atoms with Gasteiger partial charge in [-0.15, -0.1) is 0 Å². The molecule has 1 saturated heterocycles. The number of hydrogen-bond acceptors (Lipinski definition) is 3. The highest BCUT2D eigenvalue weighted by molar-refractivity contribution is 5.35. The van der Waals surface area contributed by atoms with Crippen molar-refractivity contribution in [2.45, 2.75) is 32.7 Å². The van der Waals surface area contributed by atoms with E-state index in [-0.39, 0.29) is 0 Å². The fourth-order valence-corrected chi connectivity index (χ4v) is 4.07. The van der Waals surface area contributed by atoms with E-state index in [1.165, 1.54) is 30.0 Å². The van der Waals surface area contributed by atoms with Crippen LogP contribution in [0.15, 0.2) is 48.9 Å². The monoisotopic (exact) mass is 349 g/mol. The SMILES string of the molecule is Cc1ncc(CN2CCC[C@H](Cc3nccn3C)C2)n1-c1ccccc1. The van der Waals surface area contributed by atoms with Crippen LogP contribution in [0.2, 0.25) is 0 Å². The maximum absolute atomic E-state index is 4.57. The lowest BCUT2D eigenvalue weighted by atomic mass is 9.94. The van der Waals surface area contributed by atoms with Crippen molar-refractivity contribution in [1.29, 1.82) is 0 Å². The molecule has 0 amide bonds. The second-order valence-corrected chi connectivity index (χ2v) is 7.37. The molecule has 136 valence electrons. The molecule has 3 aromatic rings. The van der Waals surface area contributed by atoms with Crippen molar-refractivity contribution < 1.29 is 0 Å². The molecular formula is C21H27N5. The Balaban J connectivity index is 1.47. The third kappa shape index (κ3) is 3.58. The Labute approximate surface area is 155 Å². The van der Waals surface area contributed by atoms with Crippen LogP contribution in [0.5, 0.6) is 0 Å². The van der Waals surface area contributed by atoms with Gasteiger partial charge in [0.25, 0.3) is 0 Å². The Morgan fingerprint density at radius 3 is 2.77 bits per heavy atom. The summed E-state index contributed by atoms with van der Waals surface area (Å²) in [5.41, 5.74) is 2.46. The third-order valence-electron chi connectivity index (χ3n) is 5.41. The van der Waals surface area contributed by atoms with Gasteiger partial charge in [0.15, 0.2) is 0 Å². The highest BCUT2D eigenvalue weighted by atomic mass is 15.2. The molecule has 3 heterocycles. The van der Waals surface area contributed by atoms with E-state index in [0.29, 0.717) is 5.92 Å². The predicted octanol–water partition coefficient (Wildman–Crippen LogP) is 3.37. The van der Waals surface area contributed by atoms with Crippen molar-refractivity contribution in [3.05, 3.63) is 66.3 Å². The van der Waals surface area contributed by atoms with Gasteiger partial charge in [-0.25, -0.2) is 9.97 Å². The first kappa shape index (κ1) is 17.0. The van der Waals surface area contributed by atoms with Gasteiger partial charge in [-0.3, -0.25) is 9.47 Å². The number of rotatable bonds is 5. The van der Waals surface area contributed by atoms with Crippen molar-refractivity contribution in [2.24, 2.45) is 13.0 Å². The molecule has 0 N–H and O–H groups in total. The predicted molar refractivity (Wildman–Crippen MR) is 103 cm³/mol. The zero-order chi connectivity index (χ0) is 17.9. The number of hydrogen-bond donors (Lipinski definition) is 0. The minimum absolute atomic E-state index is 0.680. The van der Waals surface area contributed by atoms with Crippen molar-refractivity contribution in [1.82, 2.24) is 24.0 Å². The maximum atomic E-state index is 4.57. The van der Waals surface area contributed by atoms with Crippen molar-refractivity contribution in [3.8, 4) is 5.69 Å². The molecule has 0 unspecified atom stereocenters. The minimum Gasteiger partial charge on any atom is -0.338 e. The third-order valence-corrected chi connectivity index (χ3v) is 5.41. The highest BCUT2D eigenvalue weighted by Crippen LogP contribution is 2.23. The number of likely N-dealkylation sites (tertiary alicyclic amines) is 1. The first-order valence-electron chi connectivity index (χ1n) is 9.48. The van der Waals surface area contributed by atoms with Crippen molar-refractivity contribution >= 4 is 0 Å². The number of imidazole rings is 2. The van der Waals surface area contributed by atoms with E-state index in [4.69, 9.17) is 0 Å². The smallest absolute Gasteiger partial charge is 0.110 e. The number of nitrogens with zero attached hydrogens (tertiary/aromatic N) is 5. The lowest BCUT2D eigenvalue weighted by Crippen LogP contribution is -2.36. The molecule has 1 fully saturated rings. The van der Waals surface area contributed by atoms with E-state index in [2.05, 4.69) is 68.3 Å². The largest absolute Gasteiger partial charge is 0.338 e. The van der Waals surface area contributed by atoms with Gasteiger partial charge in [0.05, 0.1) is 11.9 Å². The molecule has 1 aliphatic rings. The van der Waals surface area contributed by atoms with Crippen LogP contribution in [0.4, 0.5) is 0 Å². The first-order valence-corrected chi connectivity index (χ1v) is 9.48. The van der Waals surface area contributed by atoms with Crippen LogP contribution in [-0.2, 0) is 20.0 Å². The molecule has 0 bridgehead atoms. The summed E-state index contributed by atoms with van der Waals surface area (Å²) >= 11 is 0. The molecule has 1 aromatic carbocycles. The fourth-order valence-electron chi connectivity index (χ4n) is 4.07. The van der Waals surface area contributed by atoms with Gasteiger partial charge < -0.3 is 4.57 Å². The van der Waals surface area contributed by atoms with Crippen molar-refractivity contribution in [2.75, 3.05) is 13.1 Å². The Morgan fingerprint density at radius 2 is 2.00 bits per heavy atom. The Morgan fingerprint density at radius 1 is 1.15 bits per heavy atom. The number of aryl methyl sites for hydroxylation is 2. The van der Waals surface area contributed by atoms with Gasteiger partial charge in [-0.05, 0) is 44.4 Å². The van der Waals surface area contributed by atoms with Crippen LogP contribution in [-0.4, -0.2) is 37.1 Å². The molecule has 0 radical (unpaired) electrons. The van der Waals surface area contributed by atoms with Crippen LogP contribution in [0.3, 0.4) is 0 Å². The molecule has 5 nitrogen and oxygen atoms in total. The molecular weight excluding hydrogens is 322 g/mol. The molecule has 1 aliphatic heterocycles. The summed E-state index contributed by atoms with van der Waals surface area (Å²) in [5, 5.41) is 0. The summed E-state index contributed by atoms with van der Waals surface area (Å²) < 4.78 is 4.43. The summed E-state index contributed by atoms with van der Waals surface area (Å²) in [6.45, 7) is 5.32. The number of piperidine rings is 1. The highest BCUT2D eigenvalue weighted by Gasteiger charge is 2.23. The average Bonchev–Trinajstić information content (AvgIpc) is 3.22. The molecule has 2 aromatic heterocycles. The summed E-state index contributed by atoms with van der Waals surface area (Å²) in [5.74, 6) is 2.92.